The first-order valence-electron chi connectivity index (χ1n) is 8.27. The molecular weight excluding hydrogens is 306 g/mol. The number of halogens is 1. The number of hydrogen-bond donors (Lipinski definition) is 0. The zero-order valence-corrected chi connectivity index (χ0v) is 14.3. The lowest BCUT2D eigenvalue weighted by Crippen LogP contribution is -2.08. The predicted octanol–water partition coefficient (Wildman–Crippen LogP) is 5.48. The maximum atomic E-state index is 6.54. The van der Waals surface area contributed by atoms with Gasteiger partial charge in [-0.25, -0.2) is 9.97 Å². The molecule has 3 nitrogen and oxygen atoms in total. The Labute approximate surface area is 141 Å². The Hall–Kier alpha value is -1.87. The average molecular weight is 326 g/mol. The fourth-order valence-electron chi connectivity index (χ4n) is 3.77. The second kappa shape index (κ2) is 5.64. The summed E-state index contributed by atoms with van der Waals surface area (Å²) in [5.74, 6) is 0.708. The van der Waals surface area contributed by atoms with Gasteiger partial charge in [-0.15, -0.1) is 0 Å². The van der Waals surface area contributed by atoms with Gasteiger partial charge in [-0.3, -0.25) is 0 Å². The molecule has 118 valence electrons. The monoisotopic (exact) mass is 325 g/mol. The summed E-state index contributed by atoms with van der Waals surface area (Å²) in [6.45, 7) is 4.30. The van der Waals surface area contributed by atoms with Crippen LogP contribution in [0.1, 0.15) is 43.0 Å². The van der Waals surface area contributed by atoms with Gasteiger partial charge in [0.1, 0.15) is 10.8 Å². The Balaban J connectivity index is 1.99. The molecule has 1 aliphatic carbocycles. The third kappa shape index (κ3) is 2.34. The minimum atomic E-state index is 0.542. The minimum absolute atomic E-state index is 0.542. The maximum absolute atomic E-state index is 6.54. The van der Waals surface area contributed by atoms with E-state index < -0.39 is 0 Å². The molecule has 3 aromatic rings. The third-order valence-corrected chi connectivity index (χ3v) is 5.35. The fourth-order valence-corrected chi connectivity index (χ4v) is 4.07. The molecule has 0 N–H and O–H groups in total. The van der Waals surface area contributed by atoms with Crippen LogP contribution in [-0.2, 0) is 0 Å². The van der Waals surface area contributed by atoms with Crippen LogP contribution in [0.15, 0.2) is 30.3 Å². The Morgan fingerprint density at radius 3 is 2.43 bits per heavy atom. The lowest BCUT2D eigenvalue weighted by Gasteiger charge is -2.16. The normalized spacial score (nSPS) is 15.6. The van der Waals surface area contributed by atoms with Crippen molar-refractivity contribution in [3.8, 4) is 11.4 Å². The van der Waals surface area contributed by atoms with E-state index in [0.29, 0.717) is 17.0 Å². The topological polar surface area (TPSA) is 30.7 Å². The van der Waals surface area contributed by atoms with E-state index >= 15 is 0 Å². The van der Waals surface area contributed by atoms with Crippen LogP contribution in [0.25, 0.3) is 22.4 Å². The molecule has 0 bridgehead atoms. The van der Waals surface area contributed by atoms with Crippen LogP contribution in [0, 0.1) is 13.8 Å². The van der Waals surface area contributed by atoms with Gasteiger partial charge in [-0.05, 0) is 32.3 Å². The number of nitrogens with zero attached hydrogens (tertiary/aromatic N) is 3. The number of fused-ring (bicyclic) bond motifs is 1. The van der Waals surface area contributed by atoms with Crippen molar-refractivity contribution < 1.29 is 0 Å². The lowest BCUT2D eigenvalue weighted by molar-refractivity contribution is 0.521. The molecule has 1 fully saturated rings. The molecule has 0 spiro atoms. The molecule has 0 unspecified atom stereocenters. The third-order valence-electron chi connectivity index (χ3n) is 5.07. The summed E-state index contributed by atoms with van der Waals surface area (Å²) in [7, 11) is 0. The van der Waals surface area contributed by atoms with E-state index in [2.05, 4.69) is 23.4 Å². The molecule has 0 amide bonds. The van der Waals surface area contributed by atoms with Crippen molar-refractivity contribution in [3.05, 3.63) is 46.7 Å². The summed E-state index contributed by atoms with van der Waals surface area (Å²) < 4.78 is 2.40. The summed E-state index contributed by atoms with van der Waals surface area (Å²) >= 11 is 6.54. The van der Waals surface area contributed by atoms with E-state index in [4.69, 9.17) is 16.6 Å². The highest BCUT2D eigenvalue weighted by Gasteiger charge is 2.25. The first-order chi connectivity index (χ1) is 11.2. The van der Waals surface area contributed by atoms with Gasteiger partial charge in [-0.1, -0.05) is 54.8 Å². The van der Waals surface area contributed by atoms with Crippen molar-refractivity contribution >= 4 is 22.6 Å². The second-order valence-corrected chi connectivity index (χ2v) is 6.78. The molecule has 1 aromatic carbocycles. The van der Waals surface area contributed by atoms with Crippen LogP contribution in [0.3, 0.4) is 0 Å². The number of hydrogen-bond acceptors (Lipinski definition) is 2. The van der Waals surface area contributed by atoms with Crippen LogP contribution in [0.5, 0.6) is 0 Å². The number of aryl methyl sites for hydroxylation is 1. The van der Waals surface area contributed by atoms with Crippen molar-refractivity contribution in [2.45, 2.75) is 45.6 Å². The zero-order valence-electron chi connectivity index (χ0n) is 13.5. The molecule has 1 saturated carbocycles. The lowest BCUT2D eigenvalue weighted by atomic mass is 10.2. The quantitative estimate of drug-likeness (QED) is 0.584. The maximum Gasteiger partial charge on any atom is 0.163 e. The van der Waals surface area contributed by atoms with E-state index in [1.54, 1.807) is 0 Å². The highest BCUT2D eigenvalue weighted by Crippen LogP contribution is 2.38. The molecule has 0 saturated heterocycles. The smallest absolute Gasteiger partial charge is 0.163 e. The van der Waals surface area contributed by atoms with E-state index in [1.807, 2.05) is 30.3 Å². The van der Waals surface area contributed by atoms with E-state index in [1.165, 1.54) is 36.9 Å². The molecule has 2 aromatic heterocycles. The largest absolute Gasteiger partial charge is 0.326 e. The Morgan fingerprint density at radius 1 is 1.04 bits per heavy atom. The van der Waals surface area contributed by atoms with Crippen LogP contribution in [0.4, 0.5) is 0 Å². The summed E-state index contributed by atoms with van der Waals surface area (Å²) in [6, 6.07) is 10.6. The molecule has 1 aliphatic rings. The van der Waals surface area contributed by atoms with Crippen molar-refractivity contribution in [1.82, 2.24) is 14.5 Å². The molecule has 2 heterocycles. The predicted molar refractivity (Wildman–Crippen MR) is 95.0 cm³/mol. The minimum Gasteiger partial charge on any atom is -0.326 e. The van der Waals surface area contributed by atoms with Crippen LogP contribution >= 0.6 is 11.6 Å². The molecule has 0 aliphatic heterocycles. The van der Waals surface area contributed by atoms with Gasteiger partial charge in [0.25, 0.3) is 0 Å². The molecule has 23 heavy (non-hydrogen) atoms. The van der Waals surface area contributed by atoms with Gasteiger partial charge in [0, 0.05) is 17.3 Å². The number of benzene rings is 1. The van der Waals surface area contributed by atoms with Crippen LogP contribution < -0.4 is 0 Å². The zero-order chi connectivity index (χ0) is 16.0. The van der Waals surface area contributed by atoms with Crippen molar-refractivity contribution in [3.63, 3.8) is 0 Å². The standard InChI is InChI=1S/C19H20ClN3/c1-12-13(2)23(15-10-6-7-11-15)19-16(12)17(20)21-18(22-19)14-8-4-3-5-9-14/h3-5,8-9,15H,6-7,10-11H2,1-2H3. The van der Waals surface area contributed by atoms with Crippen LogP contribution in [0.2, 0.25) is 5.15 Å². The Morgan fingerprint density at radius 2 is 1.74 bits per heavy atom. The highest BCUT2D eigenvalue weighted by molar-refractivity contribution is 6.34. The first kappa shape index (κ1) is 14.7. The van der Waals surface area contributed by atoms with Crippen molar-refractivity contribution in [2.24, 2.45) is 0 Å². The molecular formula is C19H20ClN3. The van der Waals surface area contributed by atoms with Gasteiger partial charge < -0.3 is 4.57 Å². The average Bonchev–Trinajstić information content (AvgIpc) is 3.16. The number of rotatable bonds is 2. The van der Waals surface area contributed by atoms with Crippen molar-refractivity contribution in [2.75, 3.05) is 0 Å². The molecule has 4 rings (SSSR count). The van der Waals surface area contributed by atoms with Gasteiger partial charge >= 0.3 is 0 Å². The summed E-state index contributed by atoms with van der Waals surface area (Å²) in [6.07, 6.45) is 5.05. The Bertz CT molecular complexity index is 861. The molecule has 0 radical (unpaired) electrons. The highest BCUT2D eigenvalue weighted by atomic mass is 35.5. The summed E-state index contributed by atoms with van der Waals surface area (Å²) in [5.41, 5.74) is 4.47. The van der Waals surface area contributed by atoms with Crippen molar-refractivity contribution in [1.29, 1.82) is 0 Å². The SMILES string of the molecule is Cc1c(C)n(C2CCCC2)c2nc(-c3ccccc3)nc(Cl)c12. The van der Waals surface area contributed by atoms with Gasteiger partial charge in [0.05, 0.1) is 5.39 Å². The first-order valence-corrected chi connectivity index (χ1v) is 8.64. The van der Waals surface area contributed by atoms with E-state index in [-0.39, 0.29) is 0 Å². The summed E-state index contributed by atoms with van der Waals surface area (Å²) in [4.78, 5) is 9.45. The summed E-state index contributed by atoms with van der Waals surface area (Å²) in [5, 5.41) is 1.57. The number of aromatic nitrogens is 3. The van der Waals surface area contributed by atoms with Gasteiger partial charge in [-0.2, -0.15) is 0 Å². The fraction of sp³-hybridized carbons (Fsp3) is 0.368. The van der Waals surface area contributed by atoms with Gasteiger partial charge in [0.2, 0.25) is 0 Å². The van der Waals surface area contributed by atoms with Crippen LogP contribution in [-0.4, -0.2) is 14.5 Å². The Kier molecular flexibility index (Phi) is 3.61. The molecule has 0 atom stereocenters. The van der Waals surface area contributed by atoms with E-state index in [9.17, 15) is 0 Å². The van der Waals surface area contributed by atoms with E-state index in [0.717, 1.165) is 16.6 Å². The molecule has 4 heteroatoms. The van der Waals surface area contributed by atoms with Gasteiger partial charge in [0.15, 0.2) is 5.82 Å². The second-order valence-electron chi connectivity index (χ2n) is 6.42.